The molecule has 5 nitrogen and oxygen atoms in total. The second kappa shape index (κ2) is 6.83. The molecule has 0 spiro atoms. The maximum atomic E-state index is 12.5. The van der Waals surface area contributed by atoms with Crippen LogP contribution in [0.25, 0.3) is 0 Å². The Bertz CT molecular complexity index is 811. The largest absolute Gasteiger partial charge is 0.465 e. The lowest BCUT2D eigenvalue weighted by atomic mass is 10.1. The van der Waals surface area contributed by atoms with Crippen LogP contribution in [-0.2, 0) is 21.2 Å². The van der Waals surface area contributed by atoms with Crippen molar-refractivity contribution >= 4 is 21.7 Å². The fourth-order valence-corrected chi connectivity index (χ4v) is 3.42. The summed E-state index contributed by atoms with van der Waals surface area (Å²) >= 11 is 0. The number of methoxy groups -OCH3 is 1. The van der Waals surface area contributed by atoms with E-state index in [9.17, 15) is 13.2 Å². The van der Waals surface area contributed by atoms with Crippen LogP contribution in [0.3, 0.4) is 0 Å². The number of hydrogen-bond acceptors (Lipinski definition) is 4. The molecule has 2 rings (SSSR count). The summed E-state index contributed by atoms with van der Waals surface area (Å²) in [6, 6.07) is 11.3. The van der Waals surface area contributed by atoms with Crippen LogP contribution in [0.4, 0.5) is 5.69 Å². The van der Waals surface area contributed by atoms with E-state index < -0.39 is 16.0 Å². The molecule has 0 aliphatic heterocycles. The monoisotopic (exact) mass is 333 g/mol. The highest BCUT2D eigenvalue weighted by molar-refractivity contribution is 7.92. The summed E-state index contributed by atoms with van der Waals surface area (Å²) in [6.45, 7) is 3.83. The molecule has 0 amide bonds. The average molecular weight is 333 g/mol. The SMILES string of the molecule is CCc1cccc(C)c1NS(=O)(=O)c1ccc(C(=O)OC)cc1. The molecular weight excluding hydrogens is 314 g/mol. The molecule has 2 aromatic carbocycles. The Balaban J connectivity index is 2.35. The first-order valence-corrected chi connectivity index (χ1v) is 8.67. The number of carbonyl (C=O) groups excluding carboxylic acids is 1. The van der Waals surface area contributed by atoms with Gasteiger partial charge in [0.05, 0.1) is 23.3 Å². The van der Waals surface area contributed by atoms with Crippen LogP contribution in [0.15, 0.2) is 47.4 Å². The standard InChI is InChI=1S/C17H19NO4S/c1-4-13-7-5-6-12(2)16(13)18-23(20,21)15-10-8-14(9-11-15)17(19)22-3/h5-11,18H,4H2,1-3H3. The first-order valence-electron chi connectivity index (χ1n) is 7.18. The van der Waals surface area contributed by atoms with E-state index in [-0.39, 0.29) is 4.90 Å². The van der Waals surface area contributed by atoms with Gasteiger partial charge in [-0.2, -0.15) is 0 Å². The quantitative estimate of drug-likeness (QED) is 0.853. The average Bonchev–Trinajstić information content (AvgIpc) is 2.56. The molecule has 122 valence electrons. The van der Waals surface area contributed by atoms with E-state index >= 15 is 0 Å². The number of aryl methyl sites for hydroxylation is 2. The molecule has 0 fully saturated rings. The van der Waals surface area contributed by atoms with Crippen molar-refractivity contribution in [3.05, 3.63) is 59.2 Å². The van der Waals surface area contributed by atoms with Crippen molar-refractivity contribution in [2.45, 2.75) is 25.2 Å². The number of sulfonamides is 1. The summed E-state index contributed by atoms with van der Waals surface area (Å²) in [5, 5.41) is 0. The predicted octanol–water partition coefficient (Wildman–Crippen LogP) is 3.14. The summed E-state index contributed by atoms with van der Waals surface area (Å²) in [5.74, 6) is -0.505. The van der Waals surface area contributed by atoms with Gasteiger partial charge in [-0.05, 0) is 48.7 Å². The van der Waals surface area contributed by atoms with Crippen LogP contribution in [0.2, 0.25) is 0 Å². The Kier molecular flexibility index (Phi) is 5.05. The molecule has 2 aromatic rings. The van der Waals surface area contributed by atoms with Crippen molar-refractivity contribution in [1.82, 2.24) is 0 Å². The van der Waals surface area contributed by atoms with Crippen LogP contribution in [-0.4, -0.2) is 21.5 Å². The van der Waals surface area contributed by atoms with Crippen LogP contribution in [0.5, 0.6) is 0 Å². The van der Waals surface area contributed by atoms with E-state index in [4.69, 9.17) is 0 Å². The highest BCUT2D eigenvalue weighted by atomic mass is 32.2. The second-order valence-electron chi connectivity index (χ2n) is 5.08. The van der Waals surface area contributed by atoms with Gasteiger partial charge in [0.1, 0.15) is 0 Å². The Hall–Kier alpha value is -2.34. The summed E-state index contributed by atoms with van der Waals surface area (Å²) in [7, 11) is -2.44. The molecule has 0 heterocycles. The predicted molar refractivity (Wildman–Crippen MR) is 89.1 cm³/mol. The zero-order valence-electron chi connectivity index (χ0n) is 13.3. The second-order valence-corrected chi connectivity index (χ2v) is 6.77. The van der Waals surface area contributed by atoms with Crippen molar-refractivity contribution < 1.29 is 17.9 Å². The number of hydrogen-bond donors (Lipinski definition) is 1. The number of rotatable bonds is 5. The highest BCUT2D eigenvalue weighted by Crippen LogP contribution is 2.24. The molecular formula is C17H19NO4S. The van der Waals surface area contributed by atoms with Gasteiger partial charge >= 0.3 is 5.97 Å². The number of para-hydroxylation sites is 1. The van der Waals surface area contributed by atoms with E-state index in [1.165, 1.54) is 31.4 Å². The maximum absolute atomic E-state index is 12.5. The van der Waals surface area contributed by atoms with Crippen molar-refractivity contribution in [2.75, 3.05) is 11.8 Å². The summed E-state index contributed by atoms with van der Waals surface area (Å²) in [6.07, 6.45) is 0.723. The molecule has 0 saturated carbocycles. The van der Waals surface area contributed by atoms with E-state index in [0.29, 0.717) is 11.3 Å². The smallest absolute Gasteiger partial charge is 0.337 e. The van der Waals surface area contributed by atoms with E-state index in [1.807, 2.05) is 32.0 Å². The molecule has 0 aliphatic rings. The summed E-state index contributed by atoms with van der Waals surface area (Å²) in [5.41, 5.74) is 2.70. The lowest BCUT2D eigenvalue weighted by molar-refractivity contribution is 0.0600. The summed E-state index contributed by atoms with van der Waals surface area (Å²) in [4.78, 5) is 11.5. The van der Waals surface area contributed by atoms with Gasteiger partial charge in [-0.15, -0.1) is 0 Å². The Labute approximate surface area is 136 Å². The summed E-state index contributed by atoms with van der Waals surface area (Å²) < 4.78 is 32.3. The lowest BCUT2D eigenvalue weighted by Gasteiger charge is -2.14. The third kappa shape index (κ3) is 3.71. The number of nitrogens with one attached hydrogen (secondary N) is 1. The number of esters is 1. The van der Waals surface area contributed by atoms with E-state index in [0.717, 1.165) is 17.5 Å². The fraction of sp³-hybridized carbons (Fsp3) is 0.235. The topological polar surface area (TPSA) is 72.5 Å². The molecule has 6 heteroatoms. The Morgan fingerprint density at radius 1 is 1.13 bits per heavy atom. The molecule has 0 aliphatic carbocycles. The van der Waals surface area contributed by atoms with Gasteiger partial charge in [-0.1, -0.05) is 25.1 Å². The molecule has 0 atom stereocenters. The van der Waals surface area contributed by atoms with E-state index in [1.54, 1.807) is 0 Å². The van der Waals surface area contributed by atoms with Gasteiger partial charge in [0, 0.05) is 0 Å². The van der Waals surface area contributed by atoms with Gasteiger partial charge < -0.3 is 4.74 Å². The zero-order valence-corrected chi connectivity index (χ0v) is 14.1. The number of carbonyl (C=O) groups is 1. The minimum absolute atomic E-state index is 0.0930. The van der Waals surface area contributed by atoms with E-state index in [2.05, 4.69) is 9.46 Å². The van der Waals surface area contributed by atoms with Gasteiger partial charge in [-0.3, -0.25) is 4.72 Å². The van der Waals surface area contributed by atoms with Crippen LogP contribution in [0, 0.1) is 6.92 Å². The molecule has 1 N–H and O–H groups in total. The third-order valence-corrected chi connectivity index (χ3v) is 4.93. The molecule has 0 bridgehead atoms. The maximum Gasteiger partial charge on any atom is 0.337 e. The van der Waals surface area contributed by atoms with Crippen LogP contribution < -0.4 is 4.72 Å². The van der Waals surface area contributed by atoms with Crippen molar-refractivity contribution in [1.29, 1.82) is 0 Å². The highest BCUT2D eigenvalue weighted by Gasteiger charge is 2.17. The minimum Gasteiger partial charge on any atom is -0.465 e. The molecule has 0 unspecified atom stereocenters. The molecule has 0 radical (unpaired) electrons. The molecule has 0 aromatic heterocycles. The van der Waals surface area contributed by atoms with Gasteiger partial charge in [0.25, 0.3) is 10.0 Å². The van der Waals surface area contributed by atoms with Gasteiger partial charge in [0.15, 0.2) is 0 Å². The zero-order chi connectivity index (χ0) is 17.0. The number of ether oxygens (including phenoxy) is 1. The van der Waals surface area contributed by atoms with Crippen molar-refractivity contribution in [3.8, 4) is 0 Å². The minimum atomic E-state index is -3.72. The normalized spacial score (nSPS) is 11.1. The van der Waals surface area contributed by atoms with Crippen LogP contribution in [0.1, 0.15) is 28.4 Å². The fourth-order valence-electron chi connectivity index (χ4n) is 2.25. The first-order chi connectivity index (χ1) is 10.9. The van der Waals surface area contributed by atoms with Gasteiger partial charge in [0.2, 0.25) is 0 Å². The Morgan fingerprint density at radius 3 is 2.35 bits per heavy atom. The molecule has 0 saturated heterocycles. The number of benzene rings is 2. The number of anilines is 1. The lowest BCUT2D eigenvalue weighted by Crippen LogP contribution is -2.15. The third-order valence-electron chi connectivity index (χ3n) is 3.56. The van der Waals surface area contributed by atoms with Gasteiger partial charge in [-0.25, -0.2) is 13.2 Å². The van der Waals surface area contributed by atoms with Crippen molar-refractivity contribution in [2.24, 2.45) is 0 Å². The molecule has 23 heavy (non-hydrogen) atoms. The van der Waals surface area contributed by atoms with Crippen LogP contribution >= 0.6 is 0 Å². The van der Waals surface area contributed by atoms with Crippen molar-refractivity contribution in [3.63, 3.8) is 0 Å². The Morgan fingerprint density at radius 2 is 1.78 bits per heavy atom. The first kappa shape index (κ1) is 17.0.